The molecule has 1 saturated heterocycles. The monoisotopic (exact) mass is 520 g/mol. The van der Waals surface area contributed by atoms with Crippen LogP contribution >= 0.6 is 0 Å². The van der Waals surface area contributed by atoms with Gasteiger partial charge in [-0.15, -0.1) is 0 Å². The third-order valence-corrected chi connectivity index (χ3v) is 5.94. The van der Waals surface area contributed by atoms with Gasteiger partial charge in [0.05, 0.1) is 7.11 Å². The number of methoxy groups -OCH3 is 1. The number of aliphatic hydroxyl groups is 3. The lowest BCUT2D eigenvalue weighted by Gasteiger charge is -2.38. The molecule has 5 unspecified atom stereocenters. The maximum absolute atomic E-state index is 13.6. The van der Waals surface area contributed by atoms with Gasteiger partial charge in [0, 0.05) is 11.6 Å². The fourth-order valence-corrected chi connectivity index (χ4v) is 4.07. The van der Waals surface area contributed by atoms with Gasteiger partial charge in [-0.2, -0.15) is 0 Å². The number of hydrogen-bond acceptors (Lipinski definition) is 13. The van der Waals surface area contributed by atoms with Crippen LogP contribution in [0.25, 0.3) is 22.3 Å². The zero-order valence-corrected chi connectivity index (χ0v) is 18.9. The maximum Gasteiger partial charge on any atom is 0.335 e. The van der Waals surface area contributed by atoms with Crippen LogP contribution < -0.4 is 24.4 Å². The molecular formula is C23H20O14. The summed E-state index contributed by atoms with van der Waals surface area (Å²) in [6, 6.07) is 5.24. The Morgan fingerprint density at radius 2 is 1.81 bits per heavy atom. The number of phenols is 2. The van der Waals surface area contributed by atoms with Gasteiger partial charge in [-0.05, 0) is 18.2 Å². The topological polar surface area (TPSA) is 215 Å². The summed E-state index contributed by atoms with van der Waals surface area (Å²) < 4.78 is 32.0. The fraction of sp³-hybridized carbons (Fsp3) is 0.304. The molecular weight excluding hydrogens is 500 g/mol. The zero-order chi connectivity index (χ0) is 26.6. The van der Waals surface area contributed by atoms with Crippen molar-refractivity contribution in [2.24, 2.45) is 0 Å². The van der Waals surface area contributed by atoms with E-state index in [0.717, 1.165) is 0 Å². The number of aliphatic hydroxyl groups excluding tert-OH is 3. The predicted molar refractivity (Wildman–Crippen MR) is 119 cm³/mol. The lowest BCUT2D eigenvalue weighted by atomic mass is 9.99. The first kappa shape index (κ1) is 24.5. The van der Waals surface area contributed by atoms with E-state index in [0.29, 0.717) is 0 Å². The summed E-state index contributed by atoms with van der Waals surface area (Å²) in [5.41, 5.74) is -1.08. The number of fused-ring (bicyclic) bond motifs is 2. The second-order valence-electron chi connectivity index (χ2n) is 8.16. The summed E-state index contributed by atoms with van der Waals surface area (Å²) >= 11 is 0. The fourth-order valence-electron chi connectivity index (χ4n) is 4.07. The first-order valence-corrected chi connectivity index (χ1v) is 10.7. The highest BCUT2D eigenvalue weighted by molar-refractivity contribution is 5.91. The number of phenolic OH excluding ortho intramolecular Hbond substituents is 2. The summed E-state index contributed by atoms with van der Waals surface area (Å²) in [7, 11) is 1.32. The first-order valence-electron chi connectivity index (χ1n) is 10.7. The van der Waals surface area contributed by atoms with Crippen LogP contribution in [0.1, 0.15) is 0 Å². The van der Waals surface area contributed by atoms with Crippen molar-refractivity contribution in [3.63, 3.8) is 0 Å². The van der Waals surface area contributed by atoms with Crippen molar-refractivity contribution in [3.8, 4) is 45.8 Å². The molecule has 0 radical (unpaired) electrons. The van der Waals surface area contributed by atoms with Crippen LogP contribution in [-0.4, -0.2) is 81.2 Å². The predicted octanol–water partition coefficient (Wildman–Crippen LogP) is -0.121. The van der Waals surface area contributed by atoms with E-state index in [2.05, 4.69) is 0 Å². The summed E-state index contributed by atoms with van der Waals surface area (Å²) in [5.74, 6) is -3.56. The van der Waals surface area contributed by atoms with Gasteiger partial charge < -0.3 is 58.7 Å². The van der Waals surface area contributed by atoms with Gasteiger partial charge in [-0.1, -0.05) is 0 Å². The Bertz CT molecular complexity index is 1450. The third kappa shape index (κ3) is 3.92. The molecule has 5 atom stereocenters. The number of benzene rings is 2. The van der Waals surface area contributed by atoms with Gasteiger partial charge in [-0.25, -0.2) is 4.79 Å². The number of ether oxygens (including phenoxy) is 5. The third-order valence-electron chi connectivity index (χ3n) is 5.94. The molecule has 6 N–H and O–H groups in total. The lowest BCUT2D eigenvalue weighted by Crippen LogP contribution is -2.61. The second kappa shape index (κ2) is 9.01. The number of carbonyl (C=O) groups is 1. The summed E-state index contributed by atoms with van der Waals surface area (Å²) in [6.45, 7) is -0.227. The van der Waals surface area contributed by atoms with Crippen LogP contribution in [0.4, 0.5) is 0 Å². The lowest BCUT2D eigenvalue weighted by molar-refractivity contribution is -0.271. The molecule has 2 aliphatic rings. The van der Waals surface area contributed by atoms with E-state index in [1.807, 2.05) is 0 Å². The van der Waals surface area contributed by atoms with E-state index < -0.39 is 59.0 Å². The smallest absolute Gasteiger partial charge is 0.335 e. The van der Waals surface area contributed by atoms with Crippen LogP contribution in [0, 0.1) is 0 Å². The zero-order valence-electron chi connectivity index (χ0n) is 18.9. The molecule has 2 aromatic carbocycles. The van der Waals surface area contributed by atoms with Crippen molar-refractivity contribution >= 4 is 16.9 Å². The highest BCUT2D eigenvalue weighted by Gasteiger charge is 2.48. The van der Waals surface area contributed by atoms with E-state index in [1.54, 1.807) is 0 Å². The molecule has 1 fully saturated rings. The normalized spacial score (nSPS) is 24.7. The van der Waals surface area contributed by atoms with Crippen molar-refractivity contribution in [3.05, 3.63) is 34.5 Å². The average Bonchev–Trinajstić information content (AvgIpc) is 3.34. The molecule has 14 heteroatoms. The minimum Gasteiger partial charge on any atom is -0.504 e. The largest absolute Gasteiger partial charge is 0.504 e. The number of carboxylic acids is 1. The van der Waals surface area contributed by atoms with E-state index in [9.17, 15) is 40.2 Å². The molecule has 3 aromatic rings. The Kier molecular flexibility index (Phi) is 5.95. The molecule has 0 bridgehead atoms. The molecule has 3 heterocycles. The number of hydrogen-bond donors (Lipinski definition) is 6. The van der Waals surface area contributed by atoms with Gasteiger partial charge in [0.15, 0.2) is 34.9 Å². The van der Waals surface area contributed by atoms with Crippen molar-refractivity contribution in [2.45, 2.75) is 30.7 Å². The molecule has 2 aliphatic heterocycles. The van der Waals surface area contributed by atoms with Crippen LogP contribution in [0.15, 0.2) is 33.5 Å². The molecule has 0 spiro atoms. The van der Waals surface area contributed by atoms with Gasteiger partial charge >= 0.3 is 5.97 Å². The van der Waals surface area contributed by atoms with E-state index in [4.69, 9.17) is 28.1 Å². The summed E-state index contributed by atoms with van der Waals surface area (Å²) in [6.07, 6.45) is -9.98. The number of carboxylic acid groups (broad SMARTS) is 1. The van der Waals surface area contributed by atoms with Crippen LogP contribution in [0.3, 0.4) is 0 Å². The van der Waals surface area contributed by atoms with Gasteiger partial charge in [0.2, 0.25) is 30.0 Å². The van der Waals surface area contributed by atoms with Crippen LogP contribution in [-0.2, 0) is 9.53 Å². The molecule has 0 aliphatic carbocycles. The van der Waals surface area contributed by atoms with Gasteiger partial charge in [0.25, 0.3) is 0 Å². The summed E-state index contributed by atoms with van der Waals surface area (Å²) in [5, 5.41) is 60.4. The highest BCUT2D eigenvalue weighted by Crippen LogP contribution is 2.47. The molecule has 0 amide bonds. The highest BCUT2D eigenvalue weighted by atomic mass is 16.7. The Labute approximate surface area is 206 Å². The minimum atomic E-state index is -2.01. The van der Waals surface area contributed by atoms with Crippen LogP contribution in [0.5, 0.6) is 34.5 Å². The average molecular weight is 520 g/mol. The van der Waals surface area contributed by atoms with E-state index in [1.165, 1.54) is 31.4 Å². The molecule has 5 rings (SSSR count). The van der Waals surface area contributed by atoms with Crippen molar-refractivity contribution < 1.29 is 63.5 Å². The van der Waals surface area contributed by atoms with E-state index in [-0.39, 0.29) is 46.7 Å². The first-order chi connectivity index (χ1) is 17.6. The maximum atomic E-state index is 13.6. The molecule has 1 aromatic heterocycles. The van der Waals surface area contributed by atoms with Crippen molar-refractivity contribution in [1.29, 1.82) is 0 Å². The van der Waals surface area contributed by atoms with E-state index >= 15 is 0 Å². The van der Waals surface area contributed by atoms with Crippen molar-refractivity contribution in [1.82, 2.24) is 0 Å². The number of rotatable bonds is 5. The Hall–Kier alpha value is -4.24. The molecule has 0 saturated carbocycles. The summed E-state index contributed by atoms with van der Waals surface area (Å²) in [4.78, 5) is 25.1. The second-order valence-corrected chi connectivity index (χ2v) is 8.16. The van der Waals surface area contributed by atoms with Gasteiger partial charge in [-0.3, -0.25) is 4.79 Å². The Morgan fingerprint density at radius 1 is 1.05 bits per heavy atom. The standard InChI is InChI=1S/C23H20O14/c1-32-9-3-2-7(4-8(9)24)18-20(36-23-17(29)15(27)16(28)21(37-23)22(30)31)14(26)12-10(35-18)5-11-19(13(12)25)34-6-33-11/h2-5,15-17,21,23-25,27-29H,6H2,1H3,(H,30,31). The molecule has 196 valence electrons. The van der Waals surface area contributed by atoms with Crippen molar-refractivity contribution in [2.75, 3.05) is 13.9 Å². The number of aliphatic carboxylic acids is 1. The number of aromatic hydroxyl groups is 2. The minimum absolute atomic E-state index is 0.0742. The quantitative estimate of drug-likeness (QED) is 0.259. The molecule has 14 nitrogen and oxygen atoms in total. The van der Waals surface area contributed by atoms with Crippen LogP contribution in [0.2, 0.25) is 0 Å². The SMILES string of the molecule is COc1ccc(-c2oc3cc4c(c(O)c3c(=O)c2OC2OC(C(=O)O)C(O)C(O)C2O)OCO4)cc1O. The Balaban J connectivity index is 1.70. The van der Waals surface area contributed by atoms with Gasteiger partial charge in [0.1, 0.15) is 29.3 Å². The molecule has 37 heavy (non-hydrogen) atoms. The Morgan fingerprint density at radius 3 is 2.49 bits per heavy atom.